The molecule has 22 heavy (non-hydrogen) atoms. The zero-order chi connectivity index (χ0) is 16.1. The first-order valence-electron chi connectivity index (χ1n) is 7.03. The summed E-state index contributed by atoms with van der Waals surface area (Å²) in [7, 11) is 0. The van der Waals surface area contributed by atoms with Gasteiger partial charge in [-0.1, -0.05) is 24.9 Å². The second-order valence-corrected chi connectivity index (χ2v) is 5.30. The summed E-state index contributed by atoms with van der Waals surface area (Å²) in [6, 6.07) is 4.54. The van der Waals surface area contributed by atoms with Crippen molar-refractivity contribution >= 4 is 28.5 Å². The van der Waals surface area contributed by atoms with Crippen LogP contribution in [0.25, 0.3) is 11.0 Å². The van der Waals surface area contributed by atoms with Crippen molar-refractivity contribution in [2.24, 2.45) is 0 Å². The minimum atomic E-state index is -0.463. The third-order valence-corrected chi connectivity index (χ3v) is 3.41. The molecule has 0 amide bonds. The van der Waals surface area contributed by atoms with Crippen molar-refractivity contribution in [3.8, 4) is 5.75 Å². The number of carbonyl (C=O) groups excluding carboxylic acids is 1. The molecule has 6 heteroatoms. The van der Waals surface area contributed by atoms with Gasteiger partial charge < -0.3 is 13.9 Å². The lowest BCUT2D eigenvalue weighted by Gasteiger charge is -2.09. The molecular weight excluding hydrogens is 308 g/mol. The quantitative estimate of drug-likeness (QED) is 0.462. The maximum absolute atomic E-state index is 11.5. The molecule has 0 spiro atoms. The molecule has 0 aliphatic carbocycles. The van der Waals surface area contributed by atoms with Crippen LogP contribution >= 0.6 is 11.6 Å². The number of ether oxygens (including phenoxy) is 2. The molecule has 0 radical (unpaired) electrons. The fraction of sp³-hybridized carbons (Fsp3) is 0.375. The molecule has 2 rings (SSSR count). The third-order valence-electron chi connectivity index (χ3n) is 3.11. The van der Waals surface area contributed by atoms with Gasteiger partial charge in [0, 0.05) is 17.5 Å². The van der Waals surface area contributed by atoms with Crippen molar-refractivity contribution < 1.29 is 18.7 Å². The Morgan fingerprint density at radius 1 is 1.32 bits per heavy atom. The average Bonchev–Trinajstić information content (AvgIpc) is 2.46. The first-order chi connectivity index (χ1) is 10.5. The Bertz CT molecular complexity index is 735. The van der Waals surface area contributed by atoms with E-state index in [0.29, 0.717) is 17.2 Å². The molecule has 1 aromatic carbocycles. The Morgan fingerprint density at radius 2 is 2.09 bits per heavy atom. The van der Waals surface area contributed by atoms with Gasteiger partial charge >= 0.3 is 11.6 Å². The van der Waals surface area contributed by atoms with Gasteiger partial charge in [-0.05, 0) is 25.0 Å². The lowest BCUT2D eigenvalue weighted by Crippen LogP contribution is -2.15. The molecule has 2 aromatic rings. The van der Waals surface area contributed by atoms with Crippen molar-refractivity contribution in [3.63, 3.8) is 0 Å². The fourth-order valence-corrected chi connectivity index (χ4v) is 2.16. The average molecular weight is 325 g/mol. The smallest absolute Gasteiger partial charge is 0.344 e. The Morgan fingerprint density at radius 3 is 2.82 bits per heavy atom. The minimum absolute atomic E-state index is 0.245. The molecule has 0 atom stereocenters. The Labute approximate surface area is 132 Å². The largest absolute Gasteiger partial charge is 0.480 e. The Kier molecular flexibility index (Phi) is 5.44. The molecular formula is C16H17ClO5. The van der Waals surface area contributed by atoms with Crippen LogP contribution in [0.15, 0.2) is 27.4 Å². The van der Waals surface area contributed by atoms with Crippen LogP contribution < -0.4 is 10.4 Å². The van der Waals surface area contributed by atoms with Crippen LogP contribution in [0.4, 0.5) is 0 Å². The van der Waals surface area contributed by atoms with Crippen molar-refractivity contribution in [1.82, 2.24) is 0 Å². The number of esters is 1. The van der Waals surface area contributed by atoms with Crippen LogP contribution in [0, 0.1) is 6.92 Å². The zero-order valence-electron chi connectivity index (χ0n) is 12.5. The molecule has 0 saturated heterocycles. The zero-order valence-corrected chi connectivity index (χ0v) is 13.2. The number of benzene rings is 1. The summed E-state index contributed by atoms with van der Waals surface area (Å²) in [5.74, 6) is -0.189. The van der Waals surface area contributed by atoms with E-state index >= 15 is 0 Å². The molecule has 0 fully saturated rings. The van der Waals surface area contributed by atoms with Crippen LogP contribution in [0.5, 0.6) is 5.75 Å². The number of carbonyl (C=O) groups is 1. The minimum Gasteiger partial charge on any atom is -0.480 e. The van der Waals surface area contributed by atoms with Gasteiger partial charge in [-0.2, -0.15) is 0 Å². The molecule has 0 saturated carbocycles. The molecule has 1 aromatic heterocycles. The van der Waals surface area contributed by atoms with Crippen LogP contribution in [0.3, 0.4) is 0 Å². The second kappa shape index (κ2) is 7.31. The monoisotopic (exact) mass is 324 g/mol. The number of unbranched alkanes of at least 4 members (excludes halogenated alkanes) is 1. The standard InChI is InChI=1S/C16H17ClO5/c1-3-4-5-20-16(19)9-21-14-8-13-11(7-12(14)17)10(2)6-15(18)22-13/h6-8H,3-5,9H2,1-2H3. The summed E-state index contributed by atoms with van der Waals surface area (Å²) in [6.07, 6.45) is 1.76. The van der Waals surface area contributed by atoms with Crippen LogP contribution in [0.2, 0.25) is 5.02 Å². The molecule has 1 heterocycles. The van der Waals surface area contributed by atoms with E-state index in [1.807, 2.05) is 6.92 Å². The number of hydrogen-bond donors (Lipinski definition) is 0. The first kappa shape index (κ1) is 16.4. The van der Waals surface area contributed by atoms with E-state index in [0.717, 1.165) is 23.8 Å². The van der Waals surface area contributed by atoms with Crippen molar-refractivity contribution in [1.29, 1.82) is 0 Å². The first-order valence-corrected chi connectivity index (χ1v) is 7.41. The highest BCUT2D eigenvalue weighted by Gasteiger charge is 2.11. The topological polar surface area (TPSA) is 65.7 Å². The second-order valence-electron chi connectivity index (χ2n) is 4.89. The van der Waals surface area contributed by atoms with E-state index in [2.05, 4.69) is 0 Å². The molecule has 0 bridgehead atoms. The molecule has 0 N–H and O–H groups in total. The highest BCUT2D eigenvalue weighted by atomic mass is 35.5. The molecule has 0 aliphatic rings. The summed E-state index contributed by atoms with van der Waals surface area (Å²) in [4.78, 5) is 22.9. The van der Waals surface area contributed by atoms with Crippen molar-refractivity contribution in [2.75, 3.05) is 13.2 Å². The van der Waals surface area contributed by atoms with Gasteiger partial charge in [0.15, 0.2) is 6.61 Å². The van der Waals surface area contributed by atoms with Gasteiger partial charge in [0.05, 0.1) is 11.6 Å². The van der Waals surface area contributed by atoms with E-state index in [-0.39, 0.29) is 12.4 Å². The fourth-order valence-electron chi connectivity index (χ4n) is 1.94. The van der Waals surface area contributed by atoms with E-state index in [4.69, 9.17) is 25.5 Å². The lowest BCUT2D eigenvalue weighted by molar-refractivity contribution is -0.146. The number of fused-ring (bicyclic) bond motifs is 1. The summed E-state index contributed by atoms with van der Waals surface area (Å²) in [5.41, 5.74) is 0.680. The molecule has 0 aliphatic heterocycles. The van der Waals surface area contributed by atoms with Gasteiger partial charge in [-0.25, -0.2) is 9.59 Å². The number of aryl methyl sites for hydroxylation is 1. The van der Waals surface area contributed by atoms with Gasteiger partial charge in [0.25, 0.3) is 0 Å². The van der Waals surface area contributed by atoms with Crippen molar-refractivity contribution in [3.05, 3.63) is 39.2 Å². The van der Waals surface area contributed by atoms with E-state index in [1.165, 1.54) is 12.1 Å². The number of halogens is 1. The van der Waals surface area contributed by atoms with E-state index in [1.54, 1.807) is 13.0 Å². The van der Waals surface area contributed by atoms with Crippen LogP contribution in [-0.4, -0.2) is 19.2 Å². The lowest BCUT2D eigenvalue weighted by atomic mass is 10.1. The van der Waals surface area contributed by atoms with Gasteiger partial charge in [-0.3, -0.25) is 0 Å². The maximum atomic E-state index is 11.5. The number of rotatable bonds is 6. The highest BCUT2D eigenvalue weighted by Crippen LogP contribution is 2.30. The summed E-state index contributed by atoms with van der Waals surface area (Å²) >= 11 is 6.13. The van der Waals surface area contributed by atoms with Gasteiger partial charge in [-0.15, -0.1) is 0 Å². The maximum Gasteiger partial charge on any atom is 0.344 e. The normalized spacial score (nSPS) is 10.7. The highest BCUT2D eigenvalue weighted by molar-refractivity contribution is 6.32. The molecule has 0 unspecified atom stereocenters. The number of hydrogen-bond acceptors (Lipinski definition) is 5. The molecule has 5 nitrogen and oxygen atoms in total. The molecule has 118 valence electrons. The van der Waals surface area contributed by atoms with E-state index in [9.17, 15) is 9.59 Å². The van der Waals surface area contributed by atoms with E-state index < -0.39 is 11.6 Å². The van der Waals surface area contributed by atoms with Crippen LogP contribution in [-0.2, 0) is 9.53 Å². The summed E-state index contributed by atoms with van der Waals surface area (Å²) < 4.78 is 15.5. The predicted octanol–water partition coefficient (Wildman–Crippen LogP) is 3.48. The third kappa shape index (κ3) is 4.01. The summed E-state index contributed by atoms with van der Waals surface area (Å²) in [5, 5.41) is 1.06. The Balaban J connectivity index is 2.13. The Hall–Kier alpha value is -2.01. The van der Waals surface area contributed by atoms with Crippen molar-refractivity contribution in [2.45, 2.75) is 26.7 Å². The summed E-state index contributed by atoms with van der Waals surface area (Å²) in [6.45, 7) is 3.93. The van der Waals surface area contributed by atoms with Gasteiger partial charge in [0.1, 0.15) is 11.3 Å². The van der Waals surface area contributed by atoms with Gasteiger partial charge in [0.2, 0.25) is 0 Å². The van der Waals surface area contributed by atoms with Crippen LogP contribution in [0.1, 0.15) is 25.3 Å². The predicted molar refractivity (Wildman–Crippen MR) is 83.6 cm³/mol. The SMILES string of the molecule is CCCCOC(=O)COc1cc2oc(=O)cc(C)c2cc1Cl.